The number of carbonyl (C=O) groups excluding carboxylic acids is 2. The Labute approximate surface area is 125 Å². The first-order valence-corrected chi connectivity index (χ1v) is 6.47. The number of nitrogens with one attached hydrogen (secondary N) is 2. The maximum atomic E-state index is 12.6. The van der Waals surface area contributed by atoms with Crippen LogP contribution in [0.2, 0.25) is 0 Å². The normalized spacial score (nSPS) is 12.7. The minimum Gasteiger partial charge on any atom is -0.467 e. The molecule has 22 heavy (non-hydrogen) atoms. The Hall–Kier alpha value is -2.25. The molecular formula is C14H17F3N2O3. The molecular weight excluding hydrogens is 301 g/mol. The van der Waals surface area contributed by atoms with E-state index in [0.29, 0.717) is 0 Å². The van der Waals surface area contributed by atoms with Crippen LogP contribution in [0.3, 0.4) is 0 Å². The van der Waals surface area contributed by atoms with E-state index in [-0.39, 0.29) is 11.6 Å². The largest absolute Gasteiger partial charge is 0.467 e. The first-order valence-electron chi connectivity index (χ1n) is 6.47. The Bertz CT molecular complexity index is 544. The Kier molecular flexibility index (Phi) is 5.78. The van der Waals surface area contributed by atoms with Gasteiger partial charge in [0.1, 0.15) is 6.04 Å². The molecule has 1 aromatic rings. The van der Waals surface area contributed by atoms with Crippen molar-refractivity contribution in [1.29, 1.82) is 0 Å². The van der Waals surface area contributed by atoms with E-state index in [4.69, 9.17) is 0 Å². The molecule has 0 aliphatic carbocycles. The number of methoxy groups -OCH3 is 1. The van der Waals surface area contributed by atoms with Gasteiger partial charge in [0, 0.05) is 5.69 Å². The lowest BCUT2D eigenvalue weighted by Gasteiger charge is -2.20. The number of hydrogen-bond donors (Lipinski definition) is 2. The summed E-state index contributed by atoms with van der Waals surface area (Å²) in [5, 5.41) is 4.63. The van der Waals surface area contributed by atoms with Crippen LogP contribution in [0.1, 0.15) is 19.4 Å². The minimum atomic E-state index is -4.50. The van der Waals surface area contributed by atoms with Gasteiger partial charge in [0.25, 0.3) is 0 Å². The zero-order valence-electron chi connectivity index (χ0n) is 12.3. The van der Waals surface area contributed by atoms with Crippen LogP contribution in [0, 0.1) is 5.92 Å². The standard InChI is InChI=1S/C14H17F3N2O3/c1-8(2)11(12(20)22-3)19-13(21)18-10-6-4-5-9(7-10)14(15,16)17/h4-8,11H,1-3H3,(H2,18,19,21)/t11-/m1/s1. The third-order valence-electron chi connectivity index (χ3n) is 2.86. The van der Waals surface area contributed by atoms with E-state index in [1.54, 1.807) is 13.8 Å². The fourth-order valence-electron chi connectivity index (χ4n) is 1.71. The summed E-state index contributed by atoms with van der Waals surface area (Å²) in [6.07, 6.45) is -4.50. The van der Waals surface area contributed by atoms with E-state index < -0.39 is 29.8 Å². The second kappa shape index (κ2) is 7.15. The highest BCUT2D eigenvalue weighted by atomic mass is 19.4. The predicted octanol–water partition coefficient (Wildman–Crippen LogP) is 3.02. The fraction of sp³-hybridized carbons (Fsp3) is 0.429. The van der Waals surface area contributed by atoms with Gasteiger partial charge < -0.3 is 15.4 Å². The quantitative estimate of drug-likeness (QED) is 0.839. The van der Waals surface area contributed by atoms with Crippen molar-refractivity contribution in [1.82, 2.24) is 5.32 Å². The van der Waals surface area contributed by atoms with Gasteiger partial charge in [-0.3, -0.25) is 0 Å². The number of amides is 2. The summed E-state index contributed by atoms with van der Waals surface area (Å²) in [7, 11) is 1.18. The number of hydrogen-bond acceptors (Lipinski definition) is 3. The van der Waals surface area contributed by atoms with Crippen LogP contribution in [-0.2, 0) is 15.7 Å². The van der Waals surface area contributed by atoms with Gasteiger partial charge in [-0.15, -0.1) is 0 Å². The molecule has 0 unspecified atom stereocenters. The van der Waals surface area contributed by atoms with Crippen LogP contribution in [0.5, 0.6) is 0 Å². The first kappa shape index (κ1) is 17.8. The number of anilines is 1. The molecule has 1 aromatic carbocycles. The van der Waals surface area contributed by atoms with Gasteiger partial charge in [0.2, 0.25) is 0 Å². The number of benzene rings is 1. The third kappa shape index (κ3) is 4.94. The molecule has 0 aromatic heterocycles. The van der Waals surface area contributed by atoms with Gasteiger partial charge in [0.15, 0.2) is 0 Å². The lowest BCUT2D eigenvalue weighted by atomic mass is 10.1. The van der Waals surface area contributed by atoms with Crippen molar-refractivity contribution in [2.45, 2.75) is 26.1 Å². The van der Waals surface area contributed by atoms with Crippen LogP contribution in [0.4, 0.5) is 23.7 Å². The van der Waals surface area contributed by atoms with E-state index in [9.17, 15) is 22.8 Å². The molecule has 5 nitrogen and oxygen atoms in total. The first-order chi connectivity index (χ1) is 10.1. The smallest absolute Gasteiger partial charge is 0.416 e. The Morgan fingerprint density at radius 2 is 1.86 bits per heavy atom. The summed E-state index contributed by atoms with van der Waals surface area (Å²) in [6, 6.07) is 2.52. The number of carbonyl (C=O) groups is 2. The number of halogens is 3. The molecule has 8 heteroatoms. The number of alkyl halides is 3. The van der Waals surface area contributed by atoms with E-state index >= 15 is 0 Å². The van der Waals surface area contributed by atoms with Gasteiger partial charge in [-0.2, -0.15) is 13.2 Å². The van der Waals surface area contributed by atoms with Gasteiger partial charge in [0.05, 0.1) is 12.7 Å². The van der Waals surface area contributed by atoms with Crippen LogP contribution < -0.4 is 10.6 Å². The molecule has 122 valence electrons. The average molecular weight is 318 g/mol. The molecule has 0 bridgehead atoms. The van der Waals surface area contributed by atoms with Crippen molar-refractivity contribution >= 4 is 17.7 Å². The Morgan fingerprint density at radius 3 is 2.36 bits per heavy atom. The summed E-state index contributed by atoms with van der Waals surface area (Å²) in [5.74, 6) is -0.867. The van der Waals surface area contributed by atoms with Crippen molar-refractivity contribution in [2.24, 2.45) is 5.92 Å². The Morgan fingerprint density at radius 1 is 1.23 bits per heavy atom. The summed E-state index contributed by atoms with van der Waals surface area (Å²) >= 11 is 0. The predicted molar refractivity (Wildman–Crippen MR) is 74.2 cm³/mol. The molecule has 1 rings (SSSR count). The van der Waals surface area contributed by atoms with Gasteiger partial charge in [-0.1, -0.05) is 19.9 Å². The second-order valence-corrected chi connectivity index (χ2v) is 4.92. The highest BCUT2D eigenvalue weighted by Gasteiger charge is 2.30. The molecule has 0 heterocycles. The van der Waals surface area contributed by atoms with Crippen LogP contribution >= 0.6 is 0 Å². The highest BCUT2D eigenvalue weighted by Crippen LogP contribution is 2.30. The summed E-state index contributed by atoms with van der Waals surface area (Å²) < 4.78 is 42.3. The summed E-state index contributed by atoms with van der Waals surface area (Å²) in [6.45, 7) is 3.40. The van der Waals surface area contributed by atoms with Crippen LogP contribution in [0.15, 0.2) is 24.3 Å². The molecule has 2 amide bonds. The minimum absolute atomic E-state index is 0.0281. The van der Waals surface area contributed by atoms with Crippen molar-refractivity contribution in [3.8, 4) is 0 Å². The summed E-state index contributed by atoms with van der Waals surface area (Å²) in [4.78, 5) is 23.3. The van der Waals surface area contributed by atoms with E-state index in [2.05, 4.69) is 15.4 Å². The van der Waals surface area contributed by atoms with Gasteiger partial charge >= 0.3 is 18.2 Å². The van der Waals surface area contributed by atoms with Gasteiger partial charge in [-0.25, -0.2) is 9.59 Å². The SMILES string of the molecule is COC(=O)[C@H](NC(=O)Nc1cccc(C(F)(F)F)c1)C(C)C. The monoisotopic (exact) mass is 318 g/mol. The molecule has 1 atom stereocenters. The number of rotatable bonds is 4. The van der Waals surface area contributed by atoms with Crippen LogP contribution in [0.25, 0.3) is 0 Å². The van der Waals surface area contributed by atoms with Gasteiger partial charge in [-0.05, 0) is 24.1 Å². The van der Waals surface area contributed by atoms with E-state index in [1.807, 2.05) is 0 Å². The fourth-order valence-corrected chi connectivity index (χ4v) is 1.71. The van der Waals surface area contributed by atoms with Crippen molar-refractivity contribution in [3.63, 3.8) is 0 Å². The third-order valence-corrected chi connectivity index (χ3v) is 2.86. The zero-order valence-corrected chi connectivity index (χ0v) is 12.3. The summed E-state index contributed by atoms with van der Waals surface area (Å²) in [5.41, 5.74) is -0.904. The zero-order chi connectivity index (χ0) is 16.9. The van der Waals surface area contributed by atoms with Crippen LogP contribution in [-0.4, -0.2) is 25.2 Å². The average Bonchev–Trinajstić information content (AvgIpc) is 2.43. The number of esters is 1. The molecule has 2 N–H and O–H groups in total. The molecule has 0 aliphatic rings. The van der Waals surface area contributed by atoms with Crippen molar-refractivity contribution in [3.05, 3.63) is 29.8 Å². The molecule has 0 radical (unpaired) electrons. The lowest BCUT2D eigenvalue weighted by Crippen LogP contribution is -2.46. The molecule has 0 aliphatic heterocycles. The molecule has 0 saturated heterocycles. The van der Waals surface area contributed by atoms with Crippen molar-refractivity contribution in [2.75, 3.05) is 12.4 Å². The Balaban J connectivity index is 2.78. The maximum Gasteiger partial charge on any atom is 0.416 e. The topological polar surface area (TPSA) is 67.4 Å². The van der Waals surface area contributed by atoms with Crippen molar-refractivity contribution < 1.29 is 27.5 Å². The molecule has 0 saturated carbocycles. The molecule has 0 fully saturated rings. The second-order valence-electron chi connectivity index (χ2n) is 4.92. The number of ether oxygens (including phenoxy) is 1. The van der Waals surface area contributed by atoms with E-state index in [0.717, 1.165) is 12.1 Å². The molecule has 0 spiro atoms. The van der Waals surface area contributed by atoms with E-state index in [1.165, 1.54) is 19.2 Å². The lowest BCUT2D eigenvalue weighted by molar-refractivity contribution is -0.144. The maximum absolute atomic E-state index is 12.6. The number of urea groups is 1. The highest BCUT2D eigenvalue weighted by molar-refractivity contribution is 5.92.